The summed E-state index contributed by atoms with van der Waals surface area (Å²) in [6.45, 7) is 3.75. The van der Waals surface area contributed by atoms with Crippen LogP contribution in [0.15, 0.2) is 35.4 Å². The monoisotopic (exact) mass is 405 g/mol. The Morgan fingerprint density at radius 2 is 2.07 bits per heavy atom. The van der Waals surface area contributed by atoms with Gasteiger partial charge in [-0.25, -0.2) is 13.4 Å². The number of hydrogen-bond acceptors (Lipinski definition) is 8. The number of nitrogens with one attached hydrogen (secondary N) is 1. The molecule has 1 aliphatic heterocycles. The Bertz CT molecular complexity index is 993. The maximum atomic E-state index is 12.2. The second kappa shape index (κ2) is 7.72. The van der Waals surface area contributed by atoms with Crippen molar-refractivity contribution >= 4 is 38.9 Å². The third-order valence-electron chi connectivity index (χ3n) is 4.50. The van der Waals surface area contributed by atoms with Crippen LogP contribution in [0.5, 0.6) is 0 Å². The van der Waals surface area contributed by atoms with Gasteiger partial charge in [0.2, 0.25) is 11.9 Å². The number of aliphatic hydroxyl groups is 1. The first-order chi connectivity index (χ1) is 13.2. The number of aliphatic hydroxyl groups excluding tert-OH is 1. The molecule has 1 aromatic carbocycles. The first-order valence-electron chi connectivity index (χ1n) is 8.84. The summed E-state index contributed by atoms with van der Waals surface area (Å²) in [5.41, 5.74) is 1.13. The number of anilines is 4. The predicted octanol–water partition coefficient (Wildman–Crippen LogP) is 1.18. The molecule has 3 rings (SSSR count). The molecule has 0 radical (unpaired) electrons. The predicted molar refractivity (Wildman–Crippen MR) is 107 cm³/mol. The summed E-state index contributed by atoms with van der Waals surface area (Å²) >= 11 is 0. The summed E-state index contributed by atoms with van der Waals surface area (Å²) in [5, 5.41) is 12.0. The fourth-order valence-electron chi connectivity index (χ4n) is 2.90. The number of fused-ring (bicyclic) bond motifs is 1. The van der Waals surface area contributed by atoms with Crippen LogP contribution in [0.4, 0.5) is 23.1 Å². The Morgan fingerprint density at radius 1 is 1.32 bits per heavy atom. The first-order valence-corrected chi connectivity index (χ1v) is 10.5. The van der Waals surface area contributed by atoms with E-state index in [1.54, 1.807) is 25.4 Å². The number of carbonyl (C=O) groups is 1. The van der Waals surface area contributed by atoms with Crippen LogP contribution in [-0.4, -0.2) is 61.4 Å². The summed E-state index contributed by atoms with van der Waals surface area (Å²) in [6, 6.07) is 6.34. The summed E-state index contributed by atoms with van der Waals surface area (Å²) in [4.78, 5) is 24.5. The molecule has 0 saturated carbocycles. The highest BCUT2D eigenvalue weighted by atomic mass is 32.2. The molecule has 9 nitrogen and oxygen atoms in total. The maximum Gasteiger partial charge on any atom is 0.246 e. The fraction of sp³-hybridized carbons (Fsp3) is 0.389. The second-order valence-electron chi connectivity index (χ2n) is 6.77. The van der Waals surface area contributed by atoms with Crippen molar-refractivity contribution in [2.24, 2.45) is 0 Å². The van der Waals surface area contributed by atoms with Crippen molar-refractivity contribution in [2.75, 3.05) is 41.1 Å². The zero-order valence-electron chi connectivity index (χ0n) is 16.0. The van der Waals surface area contributed by atoms with Crippen molar-refractivity contribution in [3.05, 3.63) is 30.5 Å². The van der Waals surface area contributed by atoms with Crippen LogP contribution >= 0.6 is 0 Å². The third kappa shape index (κ3) is 3.92. The Labute approximate surface area is 163 Å². The number of sulfone groups is 1. The van der Waals surface area contributed by atoms with Crippen LogP contribution in [0.25, 0.3) is 0 Å². The van der Waals surface area contributed by atoms with Crippen molar-refractivity contribution in [3.63, 3.8) is 0 Å². The van der Waals surface area contributed by atoms with E-state index >= 15 is 0 Å². The normalized spacial score (nSPS) is 14.4. The minimum atomic E-state index is -3.56. The zero-order chi connectivity index (χ0) is 20.5. The topological polar surface area (TPSA) is 116 Å². The Kier molecular flexibility index (Phi) is 5.52. The van der Waals surface area contributed by atoms with Crippen LogP contribution < -0.4 is 15.1 Å². The van der Waals surface area contributed by atoms with Gasteiger partial charge < -0.3 is 20.2 Å². The quantitative estimate of drug-likeness (QED) is 0.736. The lowest BCUT2D eigenvalue weighted by Crippen LogP contribution is -2.47. The lowest BCUT2D eigenvalue weighted by atomic mass is 10.2. The largest absolute Gasteiger partial charge is 0.395 e. The Morgan fingerprint density at radius 3 is 2.75 bits per heavy atom. The number of carbonyl (C=O) groups excluding carboxylic acids is 1. The van der Waals surface area contributed by atoms with E-state index < -0.39 is 16.4 Å². The van der Waals surface area contributed by atoms with Gasteiger partial charge in [-0.15, -0.1) is 0 Å². The Balaban J connectivity index is 1.93. The molecular weight excluding hydrogens is 382 g/mol. The van der Waals surface area contributed by atoms with Crippen molar-refractivity contribution in [2.45, 2.75) is 24.8 Å². The molecule has 0 fully saturated rings. The molecule has 28 heavy (non-hydrogen) atoms. The molecule has 1 aromatic heterocycles. The van der Waals surface area contributed by atoms with Gasteiger partial charge in [-0.1, -0.05) is 6.07 Å². The average molecular weight is 405 g/mol. The maximum absolute atomic E-state index is 12.2. The highest BCUT2D eigenvalue weighted by Crippen LogP contribution is 2.32. The van der Waals surface area contributed by atoms with Gasteiger partial charge in [-0.3, -0.25) is 4.79 Å². The number of amides is 1. The van der Waals surface area contributed by atoms with Gasteiger partial charge in [-0.2, -0.15) is 4.98 Å². The lowest BCUT2D eigenvalue weighted by molar-refractivity contribution is -0.117. The molecular formula is C18H23N5O4S. The number of aromatic nitrogens is 2. The van der Waals surface area contributed by atoms with E-state index in [9.17, 15) is 13.2 Å². The van der Waals surface area contributed by atoms with Gasteiger partial charge in [0.25, 0.3) is 0 Å². The standard InChI is InChI=1S/C18H23N5O4S/c1-12(2)23-11-16(25)22(3)15-10-19-18(21-17(15)23)20-13-5-4-6-14(9-13)28(26,27)8-7-24/h4-6,9-10,12,24H,7-8,11H2,1-3H3,(H,19,20,21). The van der Waals surface area contributed by atoms with Gasteiger partial charge in [-0.05, 0) is 32.0 Å². The molecule has 1 amide bonds. The second-order valence-corrected chi connectivity index (χ2v) is 8.88. The summed E-state index contributed by atoms with van der Waals surface area (Å²) in [6.07, 6.45) is 1.57. The number of hydrogen-bond donors (Lipinski definition) is 2. The zero-order valence-corrected chi connectivity index (χ0v) is 16.8. The average Bonchev–Trinajstić information content (AvgIpc) is 2.64. The number of rotatable bonds is 6. The Hall–Kier alpha value is -2.72. The summed E-state index contributed by atoms with van der Waals surface area (Å²) in [7, 11) is -1.87. The molecule has 10 heteroatoms. The molecule has 0 unspecified atom stereocenters. The molecule has 2 heterocycles. The number of likely N-dealkylation sites (N-methyl/N-ethyl adjacent to an activating group) is 1. The summed E-state index contributed by atoms with van der Waals surface area (Å²) in [5.74, 6) is 0.560. The van der Waals surface area contributed by atoms with E-state index in [0.717, 1.165) is 0 Å². The number of benzene rings is 1. The lowest BCUT2D eigenvalue weighted by Gasteiger charge is -2.36. The van der Waals surface area contributed by atoms with Crippen LogP contribution in [-0.2, 0) is 14.6 Å². The van der Waals surface area contributed by atoms with Gasteiger partial charge in [0.15, 0.2) is 15.7 Å². The minimum Gasteiger partial charge on any atom is -0.395 e. The van der Waals surface area contributed by atoms with E-state index in [0.29, 0.717) is 23.1 Å². The van der Waals surface area contributed by atoms with Crippen LogP contribution in [0.2, 0.25) is 0 Å². The molecule has 150 valence electrons. The number of nitrogens with zero attached hydrogens (tertiary/aromatic N) is 4. The molecule has 0 bridgehead atoms. The van der Waals surface area contributed by atoms with Gasteiger partial charge in [0.05, 0.1) is 30.0 Å². The van der Waals surface area contributed by atoms with Crippen LogP contribution in [0.1, 0.15) is 13.8 Å². The van der Waals surface area contributed by atoms with Crippen LogP contribution in [0.3, 0.4) is 0 Å². The summed E-state index contributed by atoms with van der Waals surface area (Å²) < 4.78 is 24.3. The van der Waals surface area contributed by atoms with E-state index in [1.807, 2.05) is 18.7 Å². The highest BCUT2D eigenvalue weighted by Gasteiger charge is 2.30. The minimum absolute atomic E-state index is 0.0349. The van der Waals surface area contributed by atoms with E-state index in [-0.39, 0.29) is 29.1 Å². The van der Waals surface area contributed by atoms with Crippen LogP contribution in [0, 0.1) is 0 Å². The molecule has 0 atom stereocenters. The van der Waals surface area contributed by atoms with Gasteiger partial charge in [0.1, 0.15) is 5.69 Å². The molecule has 2 N–H and O–H groups in total. The molecule has 1 aliphatic rings. The van der Waals surface area contributed by atoms with Crippen molar-refractivity contribution in [3.8, 4) is 0 Å². The highest BCUT2D eigenvalue weighted by molar-refractivity contribution is 7.91. The van der Waals surface area contributed by atoms with Crippen molar-refractivity contribution < 1.29 is 18.3 Å². The smallest absolute Gasteiger partial charge is 0.246 e. The molecule has 0 spiro atoms. The SMILES string of the molecule is CC(C)N1CC(=O)N(C)c2cnc(Nc3cccc(S(=O)(=O)CCO)c3)nc21. The van der Waals surface area contributed by atoms with E-state index in [1.165, 1.54) is 17.0 Å². The van der Waals surface area contributed by atoms with E-state index in [4.69, 9.17) is 5.11 Å². The third-order valence-corrected chi connectivity index (χ3v) is 6.19. The first kappa shape index (κ1) is 20.0. The molecule has 0 saturated heterocycles. The molecule has 0 aliphatic carbocycles. The van der Waals surface area contributed by atoms with E-state index in [2.05, 4.69) is 15.3 Å². The molecule has 2 aromatic rings. The van der Waals surface area contributed by atoms with Crippen molar-refractivity contribution in [1.29, 1.82) is 0 Å². The fourth-order valence-corrected chi connectivity index (χ4v) is 3.97. The van der Waals surface area contributed by atoms with Crippen molar-refractivity contribution in [1.82, 2.24) is 9.97 Å². The van der Waals surface area contributed by atoms with Gasteiger partial charge >= 0.3 is 0 Å². The van der Waals surface area contributed by atoms with Gasteiger partial charge in [0, 0.05) is 18.8 Å².